The Morgan fingerprint density at radius 2 is 2.08 bits per heavy atom. The fraction of sp³-hybridized carbons (Fsp3) is 0.682. The normalized spacial score (nSPS) is 21.7. The molecule has 0 spiro atoms. The van der Waals surface area contributed by atoms with Gasteiger partial charge in [-0.15, -0.1) is 0 Å². The van der Waals surface area contributed by atoms with Gasteiger partial charge >= 0.3 is 0 Å². The number of benzene rings is 1. The lowest BCUT2D eigenvalue weighted by atomic mass is 9.92. The number of nitrogens with zero attached hydrogens (tertiary/aromatic N) is 1. The molecule has 4 heteroatoms. The predicted octanol–water partition coefficient (Wildman–Crippen LogP) is 3.57. The van der Waals surface area contributed by atoms with Gasteiger partial charge in [0.05, 0.1) is 0 Å². The van der Waals surface area contributed by atoms with Crippen LogP contribution in [0.5, 0.6) is 5.75 Å². The zero-order valence-corrected chi connectivity index (χ0v) is 16.4. The van der Waals surface area contributed by atoms with Crippen LogP contribution in [0.3, 0.4) is 0 Å². The minimum atomic E-state index is -0.452. The largest absolute Gasteiger partial charge is 0.481 e. The molecule has 2 atom stereocenters. The summed E-state index contributed by atoms with van der Waals surface area (Å²) in [5.41, 5.74) is 2.82. The van der Waals surface area contributed by atoms with E-state index in [0.29, 0.717) is 0 Å². The minimum Gasteiger partial charge on any atom is -0.481 e. The number of likely N-dealkylation sites (tertiary alicyclic amines) is 1. The van der Waals surface area contributed by atoms with Crippen LogP contribution in [0.4, 0.5) is 0 Å². The molecule has 0 saturated carbocycles. The zero-order chi connectivity index (χ0) is 18.4. The summed E-state index contributed by atoms with van der Waals surface area (Å²) in [7, 11) is 0. The number of carbonyl (C=O) groups is 1. The molecular formula is C22H34N2O2. The molecular weight excluding hydrogens is 324 g/mol. The molecule has 4 nitrogen and oxygen atoms in total. The quantitative estimate of drug-likeness (QED) is 0.758. The highest BCUT2D eigenvalue weighted by atomic mass is 16.5. The smallest absolute Gasteiger partial charge is 0.260 e. The van der Waals surface area contributed by atoms with Crippen LogP contribution in [0, 0.1) is 5.92 Å². The number of nitrogens with one attached hydrogen (secondary N) is 1. The van der Waals surface area contributed by atoms with Crippen LogP contribution in [-0.4, -0.2) is 43.1 Å². The van der Waals surface area contributed by atoms with E-state index in [-0.39, 0.29) is 5.91 Å². The second kappa shape index (κ2) is 9.40. The Balaban J connectivity index is 1.37. The van der Waals surface area contributed by atoms with Gasteiger partial charge in [-0.25, -0.2) is 0 Å². The third-order valence-corrected chi connectivity index (χ3v) is 5.69. The van der Waals surface area contributed by atoms with Gasteiger partial charge in [0.2, 0.25) is 0 Å². The molecule has 1 aromatic carbocycles. The van der Waals surface area contributed by atoms with E-state index in [9.17, 15) is 4.79 Å². The molecule has 0 radical (unpaired) electrons. The lowest BCUT2D eigenvalue weighted by Crippen LogP contribution is -2.39. The van der Waals surface area contributed by atoms with E-state index in [0.717, 1.165) is 37.6 Å². The molecule has 1 saturated heterocycles. The average molecular weight is 359 g/mol. The van der Waals surface area contributed by atoms with Crippen molar-refractivity contribution in [2.24, 2.45) is 5.92 Å². The summed E-state index contributed by atoms with van der Waals surface area (Å²) in [5.74, 6) is 1.61. The maximum absolute atomic E-state index is 12.3. The van der Waals surface area contributed by atoms with Crippen molar-refractivity contribution in [1.29, 1.82) is 0 Å². The molecule has 0 bridgehead atoms. The highest BCUT2D eigenvalue weighted by Crippen LogP contribution is 2.25. The fourth-order valence-electron chi connectivity index (χ4n) is 4.19. The first-order valence-electron chi connectivity index (χ1n) is 10.4. The molecule has 1 fully saturated rings. The summed E-state index contributed by atoms with van der Waals surface area (Å²) in [4.78, 5) is 14.8. The Morgan fingerprint density at radius 3 is 2.88 bits per heavy atom. The van der Waals surface area contributed by atoms with Crippen molar-refractivity contribution in [3.05, 3.63) is 29.3 Å². The maximum Gasteiger partial charge on any atom is 0.260 e. The van der Waals surface area contributed by atoms with Crippen molar-refractivity contribution in [2.45, 2.75) is 64.9 Å². The molecule has 26 heavy (non-hydrogen) atoms. The molecule has 144 valence electrons. The van der Waals surface area contributed by atoms with Gasteiger partial charge in [-0.2, -0.15) is 0 Å². The number of hydrogen-bond donors (Lipinski definition) is 1. The molecule has 1 heterocycles. The van der Waals surface area contributed by atoms with Gasteiger partial charge in [-0.05, 0) is 94.1 Å². The molecule has 1 aromatic rings. The number of rotatable bonds is 7. The van der Waals surface area contributed by atoms with Crippen molar-refractivity contribution in [2.75, 3.05) is 26.2 Å². The second-order valence-corrected chi connectivity index (χ2v) is 8.09. The lowest BCUT2D eigenvalue weighted by Gasteiger charge is -2.30. The van der Waals surface area contributed by atoms with E-state index >= 15 is 0 Å². The Morgan fingerprint density at radius 1 is 1.27 bits per heavy atom. The van der Waals surface area contributed by atoms with Crippen molar-refractivity contribution >= 4 is 5.91 Å². The van der Waals surface area contributed by atoms with Crippen molar-refractivity contribution in [3.63, 3.8) is 0 Å². The number of piperidine rings is 1. The molecule has 3 rings (SSSR count). The van der Waals surface area contributed by atoms with E-state index < -0.39 is 6.10 Å². The molecule has 1 N–H and O–H groups in total. The number of amides is 1. The Bertz CT molecular complexity index is 602. The summed E-state index contributed by atoms with van der Waals surface area (Å²) in [5, 5.41) is 3.03. The highest BCUT2D eigenvalue weighted by molar-refractivity contribution is 5.80. The van der Waals surface area contributed by atoms with Crippen LogP contribution < -0.4 is 10.1 Å². The van der Waals surface area contributed by atoms with Crippen molar-refractivity contribution in [1.82, 2.24) is 10.2 Å². The standard InChI is InChI=1S/C22H34N2O2/c1-17-7-5-13-24(16-17)14-6-12-23-22(25)18(2)26-21-11-10-19-8-3-4-9-20(19)15-21/h10-11,15,17-18H,3-9,12-14,16H2,1-2H3,(H,23,25). The van der Waals surface area contributed by atoms with Crippen LogP contribution in [-0.2, 0) is 17.6 Å². The van der Waals surface area contributed by atoms with Crippen LogP contribution in [0.25, 0.3) is 0 Å². The average Bonchev–Trinajstić information content (AvgIpc) is 2.65. The molecule has 1 aliphatic heterocycles. The number of aryl methyl sites for hydroxylation is 2. The molecule has 2 unspecified atom stereocenters. The van der Waals surface area contributed by atoms with E-state index in [4.69, 9.17) is 4.74 Å². The van der Waals surface area contributed by atoms with Gasteiger partial charge in [-0.3, -0.25) is 4.79 Å². The molecule has 1 aliphatic carbocycles. The van der Waals surface area contributed by atoms with E-state index in [2.05, 4.69) is 29.3 Å². The van der Waals surface area contributed by atoms with Crippen molar-refractivity contribution in [3.8, 4) is 5.75 Å². The third-order valence-electron chi connectivity index (χ3n) is 5.69. The zero-order valence-electron chi connectivity index (χ0n) is 16.4. The highest BCUT2D eigenvalue weighted by Gasteiger charge is 2.17. The summed E-state index contributed by atoms with van der Waals surface area (Å²) in [6, 6.07) is 6.29. The summed E-state index contributed by atoms with van der Waals surface area (Å²) >= 11 is 0. The second-order valence-electron chi connectivity index (χ2n) is 8.09. The first-order chi connectivity index (χ1) is 12.6. The number of ether oxygens (including phenoxy) is 1. The Labute approximate surface area is 158 Å². The molecule has 2 aliphatic rings. The van der Waals surface area contributed by atoms with Crippen LogP contribution in [0.15, 0.2) is 18.2 Å². The summed E-state index contributed by atoms with van der Waals surface area (Å²) in [6.45, 7) is 8.36. The van der Waals surface area contributed by atoms with Crippen LogP contribution >= 0.6 is 0 Å². The summed E-state index contributed by atoms with van der Waals surface area (Å²) < 4.78 is 5.88. The Kier molecular flexibility index (Phi) is 6.95. The van der Waals surface area contributed by atoms with Gasteiger partial charge in [0.15, 0.2) is 6.10 Å². The predicted molar refractivity (Wildman–Crippen MR) is 106 cm³/mol. The maximum atomic E-state index is 12.3. The number of carbonyl (C=O) groups excluding carboxylic acids is 1. The third kappa shape index (κ3) is 5.47. The van der Waals surface area contributed by atoms with Gasteiger partial charge in [-0.1, -0.05) is 13.0 Å². The molecule has 1 amide bonds. The van der Waals surface area contributed by atoms with Crippen LogP contribution in [0.1, 0.15) is 57.1 Å². The van der Waals surface area contributed by atoms with Gasteiger partial charge in [0.25, 0.3) is 5.91 Å². The fourth-order valence-corrected chi connectivity index (χ4v) is 4.19. The van der Waals surface area contributed by atoms with Gasteiger partial charge in [0, 0.05) is 13.1 Å². The van der Waals surface area contributed by atoms with Gasteiger partial charge in [0.1, 0.15) is 5.75 Å². The summed E-state index contributed by atoms with van der Waals surface area (Å²) in [6.07, 6.45) is 8.04. The Hall–Kier alpha value is -1.55. The first-order valence-corrected chi connectivity index (χ1v) is 10.4. The topological polar surface area (TPSA) is 41.6 Å². The van der Waals surface area contributed by atoms with E-state index in [1.54, 1.807) is 0 Å². The number of fused-ring (bicyclic) bond motifs is 1. The van der Waals surface area contributed by atoms with E-state index in [1.165, 1.54) is 56.3 Å². The number of hydrogen-bond acceptors (Lipinski definition) is 3. The van der Waals surface area contributed by atoms with Gasteiger partial charge < -0.3 is 15.0 Å². The molecule has 0 aromatic heterocycles. The van der Waals surface area contributed by atoms with Crippen molar-refractivity contribution < 1.29 is 9.53 Å². The monoisotopic (exact) mass is 358 g/mol. The van der Waals surface area contributed by atoms with Crippen LogP contribution in [0.2, 0.25) is 0 Å². The SMILES string of the molecule is CC1CCCN(CCCNC(=O)C(C)Oc2ccc3c(c2)CCCC3)C1. The lowest BCUT2D eigenvalue weighted by molar-refractivity contribution is -0.127. The first kappa shape index (κ1) is 19.2. The van der Waals surface area contributed by atoms with E-state index in [1.807, 2.05) is 13.0 Å². The minimum absolute atomic E-state index is 0.0188.